The minimum Gasteiger partial charge on any atom is -0.286 e. The van der Waals surface area contributed by atoms with Gasteiger partial charge in [0, 0.05) is 11.8 Å². The predicted molar refractivity (Wildman–Crippen MR) is 85.1 cm³/mol. The molecule has 19 heavy (non-hydrogen) atoms. The van der Waals surface area contributed by atoms with Gasteiger partial charge in [0.2, 0.25) is 0 Å². The van der Waals surface area contributed by atoms with Crippen molar-refractivity contribution in [3.63, 3.8) is 0 Å². The molecule has 2 aromatic rings. The molecule has 2 aromatic carbocycles. The van der Waals surface area contributed by atoms with Gasteiger partial charge in [-0.2, -0.15) is 0 Å². The highest BCUT2D eigenvalue weighted by molar-refractivity contribution is 6.02. The standard InChI is InChI=1S/C18H23N/c1-13(2)11-14(3)19-15(4)17-10-9-16-7-5-6-8-18(16)12-17/h5-10,12-14H,11H2,1-4H3/t14-/m0/s1. The van der Waals surface area contributed by atoms with E-state index < -0.39 is 0 Å². The van der Waals surface area contributed by atoms with Gasteiger partial charge in [-0.3, -0.25) is 4.99 Å². The molecule has 0 aliphatic heterocycles. The van der Waals surface area contributed by atoms with Crippen molar-refractivity contribution in [2.24, 2.45) is 10.9 Å². The number of aliphatic imine (C=N–C) groups is 1. The lowest BCUT2D eigenvalue weighted by Gasteiger charge is -2.11. The lowest BCUT2D eigenvalue weighted by Crippen LogP contribution is -2.07. The highest BCUT2D eigenvalue weighted by Gasteiger charge is 2.05. The van der Waals surface area contributed by atoms with Crippen molar-refractivity contribution >= 4 is 16.5 Å². The summed E-state index contributed by atoms with van der Waals surface area (Å²) in [6.45, 7) is 8.81. The van der Waals surface area contributed by atoms with E-state index in [1.165, 1.54) is 16.3 Å². The third-order valence-corrected chi connectivity index (χ3v) is 3.39. The average Bonchev–Trinajstić information content (AvgIpc) is 2.37. The topological polar surface area (TPSA) is 12.4 Å². The molecule has 0 aromatic heterocycles. The van der Waals surface area contributed by atoms with Crippen LogP contribution in [0.25, 0.3) is 10.8 Å². The quantitative estimate of drug-likeness (QED) is 0.673. The first-order valence-corrected chi connectivity index (χ1v) is 7.10. The highest BCUT2D eigenvalue weighted by Crippen LogP contribution is 2.17. The van der Waals surface area contributed by atoms with Crippen molar-refractivity contribution < 1.29 is 0 Å². The largest absolute Gasteiger partial charge is 0.286 e. The van der Waals surface area contributed by atoms with Crippen LogP contribution in [0.5, 0.6) is 0 Å². The Morgan fingerprint density at radius 3 is 2.37 bits per heavy atom. The molecule has 100 valence electrons. The van der Waals surface area contributed by atoms with E-state index in [2.05, 4.69) is 70.2 Å². The van der Waals surface area contributed by atoms with Gasteiger partial charge >= 0.3 is 0 Å². The van der Waals surface area contributed by atoms with Gasteiger partial charge in [-0.25, -0.2) is 0 Å². The second kappa shape index (κ2) is 6.01. The number of hydrogen-bond donors (Lipinski definition) is 0. The fraction of sp³-hybridized carbons (Fsp3) is 0.389. The van der Waals surface area contributed by atoms with E-state index in [1.54, 1.807) is 0 Å². The number of hydrogen-bond acceptors (Lipinski definition) is 1. The van der Waals surface area contributed by atoms with Gasteiger partial charge in [0.15, 0.2) is 0 Å². The fourth-order valence-electron chi connectivity index (χ4n) is 2.55. The minimum atomic E-state index is 0.395. The van der Waals surface area contributed by atoms with Gasteiger partial charge in [-0.1, -0.05) is 50.2 Å². The summed E-state index contributed by atoms with van der Waals surface area (Å²) in [5.41, 5.74) is 2.37. The van der Waals surface area contributed by atoms with Crippen molar-refractivity contribution in [2.75, 3.05) is 0 Å². The normalized spacial score (nSPS) is 14.1. The van der Waals surface area contributed by atoms with Crippen molar-refractivity contribution in [1.82, 2.24) is 0 Å². The maximum atomic E-state index is 4.81. The van der Waals surface area contributed by atoms with Gasteiger partial charge < -0.3 is 0 Å². The van der Waals surface area contributed by atoms with Gasteiger partial charge in [0.25, 0.3) is 0 Å². The number of rotatable bonds is 4. The second-order valence-corrected chi connectivity index (χ2v) is 5.76. The van der Waals surface area contributed by atoms with Crippen molar-refractivity contribution in [3.05, 3.63) is 48.0 Å². The van der Waals surface area contributed by atoms with Gasteiger partial charge in [0.1, 0.15) is 0 Å². The van der Waals surface area contributed by atoms with Crippen LogP contribution >= 0.6 is 0 Å². The monoisotopic (exact) mass is 253 g/mol. The maximum Gasteiger partial charge on any atom is 0.0477 e. The lowest BCUT2D eigenvalue weighted by atomic mass is 10.0. The molecule has 0 aliphatic rings. The molecule has 0 amide bonds. The van der Waals surface area contributed by atoms with Gasteiger partial charge in [0.05, 0.1) is 0 Å². The van der Waals surface area contributed by atoms with Crippen LogP contribution in [0.1, 0.15) is 39.7 Å². The van der Waals surface area contributed by atoms with E-state index in [4.69, 9.17) is 4.99 Å². The highest BCUT2D eigenvalue weighted by atomic mass is 14.8. The van der Waals surface area contributed by atoms with Crippen LogP contribution in [0.15, 0.2) is 47.5 Å². The van der Waals surface area contributed by atoms with E-state index in [1.807, 2.05) is 0 Å². The zero-order chi connectivity index (χ0) is 13.8. The third kappa shape index (κ3) is 3.66. The molecule has 0 fully saturated rings. The summed E-state index contributed by atoms with van der Waals surface area (Å²) in [5, 5.41) is 2.57. The first kappa shape index (κ1) is 13.8. The molecule has 1 heteroatoms. The van der Waals surface area contributed by atoms with Crippen LogP contribution in [-0.4, -0.2) is 11.8 Å². The Bertz CT molecular complexity index is 581. The van der Waals surface area contributed by atoms with Gasteiger partial charge in [-0.15, -0.1) is 0 Å². The third-order valence-electron chi connectivity index (χ3n) is 3.39. The first-order valence-electron chi connectivity index (χ1n) is 7.10. The summed E-state index contributed by atoms with van der Waals surface area (Å²) in [6.07, 6.45) is 1.14. The Morgan fingerprint density at radius 2 is 1.68 bits per heavy atom. The molecule has 1 atom stereocenters. The smallest absolute Gasteiger partial charge is 0.0477 e. The molecule has 0 spiro atoms. The SMILES string of the molecule is CC(=N[C@@H](C)CC(C)C)c1ccc2ccccc2c1. The van der Waals surface area contributed by atoms with Crippen molar-refractivity contribution in [2.45, 2.75) is 40.2 Å². The van der Waals surface area contributed by atoms with Crippen LogP contribution < -0.4 is 0 Å². The molecule has 0 saturated carbocycles. The van der Waals surface area contributed by atoms with E-state index in [0.29, 0.717) is 12.0 Å². The fourth-order valence-corrected chi connectivity index (χ4v) is 2.55. The summed E-state index contributed by atoms with van der Waals surface area (Å²) in [7, 11) is 0. The molecule has 1 nitrogen and oxygen atoms in total. The molecule has 0 bridgehead atoms. The summed E-state index contributed by atoms with van der Waals surface area (Å²) in [6, 6.07) is 15.4. The Morgan fingerprint density at radius 1 is 1.00 bits per heavy atom. The predicted octanol–water partition coefficient (Wildman–Crippen LogP) is 5.08. The zero-order valence-corrected chi connectivity index (χ0v) is 12.4. The Hall–Kier alpha value is -1.63. The molecule has 0 heterocycles. The molecular weight excluding hydrogens is 230 g/mol. The van der Waals surface area contributed by atoms with Crippen LogP contribution in [-0.2, 0) is 0 Å². The van der Waals surface area contributed by atoms with E-state index in [9.17, 15) is 0 Å². The summed E-state index contributed by atoms with van der Waals surface area (Å²) < 4.78 is 0. The average molecular weight is 253 g/mol. The Labute approximate surface area is 116 Å². The van der Waals surface area contributed by atoms with Crippen molar-refractivity contribution in [1.29, 1.82) is 0 Å². The maximum absolute atomic E-state index is 4.81. The number of nitrogens with zero attached hydrogens (tertiary/aromatic N) is 1. The Balaban J connectivity index is 2.25. The summed E-state index contributed by atoms with van der Waals surface area (Å²) in [4.78, 5) is 4.81. The van der Waals surface area contributed by atoms with Gasteiger partial charge in [-0.05, 0) is 48.6 Å². The van der Waals surface area contributed by atoms with Crippen LogP contribution in [0, 0.1) is 5.92 Å². The number of fused-ring (bicyclic) bond motifs is 1. The second-order valence-electron chi connectivity index (χ2n) is 5.76. The summed E-state index contributed by atoms with van der Waals surface area (Å²) in [5.74, 6) is 0.697. The van der Waals surface area contributed by atoms with Crippen LogP contribution in [0.4, 0.5) is 0 Å². The number of benzene rings is 2. The molecular formula is C18H23N. The molecule has 0 unspecified atom stereocenters. The van der Waals surface area contributed by atoms with E-state index >= 15 is 0 Å². The zero-order valence-electron chi connectivity index (χ0n) is 12.4. The van der Waals surface area contributed by atoms with Crippen LogP contribution in [0.3, 0.4) is 0 Å². The van der Waals surface area contributed by atoms with Crippen molar-refractivity contribution in [3.8, 4) is 0 Å². The first-order chi connectivity index (χ1) is 9.06. The molecule has 0 saturated heterocycles. The molecule has 2 rings (SSSR count). The van der Waals surface area contributed by atoms with E-state index in [-0.39, 0.29) is 0 Å². The molecule has 0 radical (unpaired) electrons. The van der Waals surface area contributed by atoms with Crippen LogP contribution in [0.2, 0.25) is 0 Å². The lowest BCUT2D eigenvalue weighted by molar-refractivity contribution is 0.522. The van der Waals surface area contributed by atoms with E-state index in [0.717, 1.165) is 12.1 Å². The summed E-state index contributed by atoms with van der Waals surface area (Å²) >= 11 is 0. The minimum absolute atomic E-state index is 0.395. The molecule has 0 aliphatic carbocycles. The Kier molecular flexibility index (Phi) is 4.36. The molecule has 0 N–H and O–H groups in total.